The summed E-state index contributed by atoms with van der Waals surface area (Å²) in [5, 5.41) is 0. The monoisotopic (exact) mass is 313 g/mol. The van der Waals surface area contributed by atoms with Gasteiger partial charge >= 0.3 is 0 Å². The summed E-state index contributed by atoms with van der Waals surface area (Å²) < 4.78 is 2.11. The first-order valence-electron chi connectivity index (χ1n) is 3.32. The third-order valence-electron chi connectivity index (χ3n) is 1.47. The molecule has 1 atom stereocenters. The Morgan fingerprint density at radius 3 is 2.25 bits per heavy atom. The molecule has 0 unspecified atom stereocenters. The van der Waals surface area contributed by atoms with E-state index in [2.05, 4.69) is 31.9 Å². The Bertz CT molecular complexity index is 263. The summed E-state index contributed by atoms with van der Waals surface area (Å²) in [5.41, 5.74) is 6.84. The van der Waals surface area contributed by atoms with Gasteiger partial charge in [0.05, 0.1) is 0 Å². The Hall–Kier alpha value is 0.430. The first kappa shape index (κ1) is 12.4. The minimum Gasteiger partial charge on any atom is -0.324 e. The predicted octanol–water partition coefficient (Wildman–Crippen LogP) is 3.65. The molecule has 0 aromatic heterocycles. The number of benzene rings is 1. The molecule has 4 heteroatoms. The van der Waals surface area contributed by atoms with Gasteiger partial charge in [-0.15, -0.1) is 12.4 Å². The second-order valence-corrected chi connectivity index (χ2v) is 4.17. The Labute approximate surface area is 95.4 Å². The molecule has 0 aliphatic rings. The maximum atomic E-state index is 5.70. The minimum atomic E-state index is 0. The summed E-state index contributed by atoms with van der Waals surface area (Å²) in [6.07, 6.45) is 0. The highest BCUT2D eigenvalue weighted by atomic mass is 79.9. The Balaban J connectivity index is 0.00000121. The van der Waals surface area contributed by atoms with E-state index in [0.717, 1.165) is 14.5 Å². The Morgan fingerprint density at radius 1 is 1.25 bits per heavy atom. The van der Waals surface area contributed by atoms with E-state index < -0.39 is 0 Å². The topological polar surface area (TPSA) is 26.0 Å². The molecule has 0 saturated carbocycles. The molecule has 1 aromatic carbocycles. The van der Waals surface area contributed by atoms with E-state index in [-0.39, 0.29) is 18.4 Å². The SMILES string of the molecule is C[C@@H](N)c1ccc(Br)c(Br)c1.Cl. The quantitative estimate of drug-likeness (QED) is 0.841. The molecule has 2 N–H and O–H groups in total. The normalized spacial score (nSPS) is 12.0. The van der Waals surface area contributed by atoms with Gasteiger partial charge in [0.1, 0.15) is 0 Å². The van der Waals surface area contributed by atoms with Crippen LogP contribution in [0.25, 0.3) is 0 Å². The molecule has 1 aromatic rings. The van der Waals surface area contributed by atoms with E-state index in [1.54, 1.807) is 0 Å². The van der Waals surface area contributed by atoms with Gasteiger partial charge in [0, 0.05) is 15.0 Å². The fraction of sp³-hybridized carbons (Fsp3) is 0.250. The zero-order valence-corrected chi connectivity index (χ0v) is 10.5. The zero-order valence-electron chi connectivity index (χ0n) is 6.55. The number of rotatable bonds is 1. The lowest BCUT2D eigenvalue weighted by atomic mass is 10.1. The summed E-state index contributed by atoms with van der Waals surface area (Å²) in [6.45, 7) is 1.97. The Kier molecular flexibility index (Phi) is 5.41. The first-order chi connectivity index (χ1) is 5.11. The van der Waals surface area contributed by atoms with Crippen molar-refractivity contribution >= 4 is 44.3 Å². The summed E-state index contributed by atoms with van der Waals surface area (Å²) >= 11 is 6.80. The number of halogens is 3. The summed E-state index contributed by atoms with van der Waals surface area (Å²) in [5.74, 6) is 0. The van der Waals surface area contributed by atoms with Crippen LogP contribution in [-0.4, -0.2) is 0 Å². The van der Waals surface area contributed by atoms with E-state index in [4.69, 9.17) is 5.73 Å². The molecule has 0 aliphatic heterocycles. The van der Waals surface area contributed by atoms with Crippen LogP contribution in [0, 0.1) is 0 Å². The van der Waals surface area contributed by atoms with Crippen molar-refractivity contribution in [2.45, 2.75) is 13.0 Å². The van der Waals surface area contributed by atoms with Gasteiger partial charge in [0.25, 0.3) is 0 Å². The Morgan fingerprint density at radius 2 is 1.83 bits per heavy atom. The van der Waals surface area contributed by atoms with Crippen molar-refractivity contribution in [1.82, 2.24) is 0 Å². The van der Waals surface area contributed by atoms with Gasteiger partial charge in [0.15, 0.2) is 0 Å². The average Bonchev–Trinajstić information content (AvgIpc) is 1.94. The standard InChI is InChI=1S/C8H9Br2N.ClH/c1-5(11)6-2-3-7(9)8(10)4-6;/h2-5H,11H2,1H3;1H/t5-;/m1./s1. The molecule has 0 radical (unpaired) electrons. The van der Waals surface area contributed by atoms with Crippen LogP contribution in [0.4, 0.5) is 0 Å². The molecule has 0 spiro atoms. The third-order valence-corrected chi connectivity index (χ3v) is 3.35. The van der Waals surface area contributed by atoms with Crippen LogP contribution in [0.1, 0.15) is 18.5 Å². The maximum absolute atomic E-state index is 5.70. The van der Waals surface area contributed by atoms with Crippen molar-refractivity contribution in [2.24, 2.45) is 5.73 Å². The average molecular weight is 315 g/mol. The molecule has 0 amide bonds. The highest BCUT2D eigenvalue weighted by Crippen LogP contribution is 2.25. The molecular formula is C8H10Br2ClN. The lowest BCUT2D eigenvalue weighted by Crippen LogP contribution is -2.04. The lowest BCUT2D eigenvalue weighted by Gasteiger charge is -2.05. The van der Waals surface area contributed by atoms with Gasteiger partial charge in [-0.05, 0) is 56.5 Å². The van der Waals surface area contributed by atoms with Crippen LogP contribution in [0.5, 0.6) is 0 Å². The van der Waals surface area contributed by atoms with Crippen LogP contribution < -0.4 is 5.73 Å². The lowest BCUT2D eigenvalue weighted by molar-refractivity contribution is 0.817. The van der Waals surface area contributed by atoms with Crippen molar-refractivity contribution < 1.29 is 0 Å². The molecular weight excluding hydrogens is 305 g/mol. The number of nitrogens with two attached hydrogens (primary N) is 1. The number of hydrogen-bond donors (Lipinski definition) is 1. The van der Waals surface area contributed by atoms with E-state index in [9.17, 15) is 0 Å². The van der Waals surface area contributed by atoms with Crippen molar-refractivity contribution in [3.63, 3.8) is 0 Å². The summed E-state index contributed by atoms with van der Waals surface area (Å²) in [6, 6.07) is 6.12. The van der Waals surface area contributed by atoms with Crippen LogP contribution in [-0.2, 0) is 0 Å². The van der Waals surface area contributed by atoms with Crippen LogP contribution in [0.3, 0.4) is 0 Å². The van der Waals surface area contributed by atoms with Gasteiger partial charge in [0.2, 0.25) is 0 Å². The van der Waals surface area contributed by atoms with E-state index in [1.807, 2.05) is 25.1 Å². The van der Waals surface area contributed by atoms with Gasteiger partial charge in [-0.25, -0.2) is 0 Å². The van der Waals surface area contributed by atoms with E-state index >= 15 is 0 Å². The van der Waals surface area contributed by atoms with E-state index in [0.29, 0.717) is 0 Å². The zero-order chi connectivity index (χ0) is 8.43. The highest BCUT2D eigenvalue weighted by molar-refractivity contribution is 9.13. The smallest absolute Gasteiger partial charge is 0.0320 e. The molecule has 0 heterocycles. The third kappa shape index (κ3) is 3.05. The molecule has 0 fully saturated rings. The van der Waals surface area contributed by atoms with E-state index in [1.165, 1.54) is 0 Å². The summed E-state index contributed by atoms with van der Waals surface area (Å²) in [4.78, 5) is 0. The van der Waals surface area contributed by atoms with Gasteiger partial charge in [-0.3, -0.25) is 0 Å². The molecule has 0 saturated heterocycles. The second kappa shape index (κ2) is 5.22. The molecule has 1 nitrogen and oxygen atoms in total. The molecule has 1 rings (SSSR count). The fourth-order valence-electron chi connectivity index (χ4n) is 0.796. The largest absolute Gasteiger partial charge is 0.324 e. The second-order valence-electron chi connectivity index (χ2n) is 2.46. The summed E-state index contributed by atoms with van der Waals surface area (Å²) in [7, 11) is 0. The maximum Gasteiger partial charge on any atom is 0.0320 e. The molecule has 68 valence electrons. The van der Waals surface area contributed by atoms with Gasteiger partial charge in [-0.2, -0.15) is 0 Å². The van der Waals surface area contributed by atoms with Crippen LogP contribution in [0.15, 0.2) is 27.1 Å². The van der Waals surface area contributed by atoms with Crippen LogP contribution >= 0.6 is 44.3 Å². The van der Waals surface area contributed by atoms with Crippen molar-refractivity contribution in [3.05, 3.63) is 32.7 Å². The number of hydrogen-bond acceptors (Lipinski definition) is 1. The first-order valence-corrected chi connectivity index (χ1v) is 4.90. The van der Waals surface area contributed by atoms with Gasteiger partial charge in [-0.1, -0.05) is 6.07 Å². The molecule has 0 aliphatic carbocycles. The van der Waals surface area contributed by atoms with Crippen LogP contribution in [0.2, 0.25) is 0 Å². The molecule has 12 heavy (non-hydrogen) atoms. The minimum absolute atomic E-state index is 0. The molecule has 0 bridgehead atoms. The van der Waals surface area contributed by atoms with Gasteiger partial charge < -0.3 is 5.73 Å². The fourth-order valence-corrected chi connectivity index (χ4v) is 1.44. The van der Waals surface area contributed by atoms with Crippen molar-refractivity contribution in [2.75, 3.05) is 0 Å². The van der Waals surface area contributed by atoms with Crippen molar-refractivity contribution in [1.29, 1.82) is 0 Å². The highest BCUT2D eigenvalue weighted by Gasteiger charge is 2.01. The predicted molar refractivity (Wildman–Crippen MR) is 61.7 cm³/mol. The van der Waals surface area contributed by atoms with Crippen molar-refractivity contribution in [3.8, 4) is 0 Å².